The van der Waals surface area contributed by atoms with Crippen molar-refractivity contribution in [2.45, 2.75) is 19.9 Å². The minimum absolute atomic E-state index is 0.309. The lowest BCUT2D eigenvalue weighted by Crippen LogP contribution is -2.04. The summed E-state index contributed by atoms with van der Waals surface area (Å²) >= 11 is 5.15. The fraction of sp³-hybridized carbons (Fsp3) is 0.200. The Balaban J connectivity index is 1.90. The molecule has 6 heteroatoms. The fourth-order valence-corrected chi connectivity index (χ4v) is 3.55. The molecule has 3 N–H and O–H groups in total. The van der Waals surface area contributed by atoms with Gasteiger partial charge in [0.05, 0.1) is 5.39 Å². The molecule has 21 heavy (non-hydrogen) atoms. The van der Waals surface area contributed by atoms with Crippen molar-refractivity contribution in [3.05, 3.63) is 45.2 Å². The SMILES string of the molecule is CCc1cc2c(NCc3cccc(Br)c3)nc(N)nc2s1. The van der Waals surface area contributed by atoms with Crippen molar-refractivity contribution in [1.82, 2.24) is 9.97 Å². The predicted octanol–water partition coefficient (Wildman–Crippen LogP) is 4.21. The van der Waals surface area contributed by atoms with E-state index in [9.17, 15) is 0 Å². The maximum absolute atomic E-state index is 5.81. The number of anilines is 2. The summed E-state index contributed by atoms with van der Waals surface area (Å²) in [5, 5.41) is 4.41. The highest BCUT2D eigenvalue weighted by molar-refractivity contribution is 9.10. The zero-order chi connectivity index (χ0) is 14.8. The second-order valence-electron chi connectivity index (χ2n) is 4.70. The Morgan fingerprint density at radius 2 is 2.14 bits per heavy atom. The zero-order valence-corrected chi connectivity index (χ0v) is 14.0. The Morgan fingerprint density at radius 1 is 1.29 bits per heavy atom. The fourth-order valence-electron chi connectivity index (χ4n) is 2.13. The van der Waals surface area contributed by atoms with E-state index in [1.807, 2.05) is 12.1 Å². The average molecular weight is 363 g/mol. The normalized spacial score (nSPS) is 11.0. The minimum Gasteiger partial charge on any atom is -0.368 e. The number of hydrogen-bond donors (Lipinski definition) is 2. The quantitative estimate of drug-likeness (QED) is 0.729. The van der Waals surface area contributed by atoms with E-state index in [1.165, 1.54) is 10.4 Å². The smallest absolute Gasteiger partial charge is 0.223 e. The Morgan fingerprint density at radius 3 is 2.90 bits per heavy atom. The Hall–Kier alpha value is -1.66. The van der Waals surface area contributed by atoms with Crippen LogP contribution in [0.5, 0.6) is 0 Å². The van der Waals surface area contributed by atoms with Crippen molar-refractivity contribution in [2.24, 2.45) is 0 Å². The lowest BCUT2D eigenvalue weighted by molar-refractivity contribution is 1.11. The standard InChI is InChI=1S/C15H15BrN4S/c1-2-11-7-12-13(19-15(17)20-14(12)21-11)18-8-9-4-3-5-10(16)6-9/h3-7H,2,8H2,1H3,(H3,17,18,19,20). The Bertz CT molecular complexity index is 784. The highest BCUT2D eigenvalue weighted by Gasteiger charge is 2.10. The van der Waals surface area contributed by atoms with Crippen molar-refractivity contribution < 1.29 is 0 Å². The molecule has 0 saturated carbocycles. The number of fused-ring (bicyclic) bond motifs is 1. The van der Waals surface area contributed by atoms with Crippen molar-refractivity contribution >= 4 is 49.2 Å². The van der Waals surface area contributed by atoms with Gasteiger partial charge in [0.15, 0.2) is 0 Å². The third-order valence-electron chi connectivity index (χ3n) is 3.16. The van der Waals surface area contributed by atoms with Gasteiger partial charge in [0.25, 0.3) is 0 Å². The maximum atomic E-state index is 5.81. The minimum atomic E-state index is 0.309. The van der Waals surface area contributed by atoms with Gasteiger partial charge in [0.2, 0.25) is 5.95 Å². The molecule has 0 radical (unpaired) electrons. The summed E-state index contributed by atoms with van der Waals surface area (Å²) in [4.78, 5) is 10.9. The molecule has 0 amide bonds. The molecule has 0 atom stereocenters. The molecule has 0 bridgehead atoms. The molecule has 0 aliphatic rings. The third kappa shape index (κ3) is 3.16. The van der Waals surface area contributed by atoms with Gasteiger partial charge >= 0.3 is 0 Å². The van der Waals surface area contributed by atoms with Gasteiger partial charge in [-0.15, -0.1) is 11.3 Å². The summed E-state index contributed by atoms with van der Waals surface area (Å²) in [6.07, 6.45) is 0.992. The van der Waals surface area contributed by atoms with Gasteiger partial charge < -0.3 is 11.1 Å². The number of nitrogens with two attached hydrogens (primary N) is 1. The van der Waals surface area contributed by atoms with E-state index >= 15 is 0 Å². The number of nitrogens with zero attached hydrogens (tertiary/aromatic N) is 2. The predicted molar refractivity (Wildman–Crippen MR) is 92.7 cm³/mol. The van der Waals surface area contributed by atoms with Crippen molar-refractivity contribution in [1.29, 1.82) is 0 Å². The van der Waals surface area contributed by atoms with Crippen LogP contribution in [0.15, 0.2) is 34.8 Å². The van der Waals surface area contributed by atoms with E-state index in [0.717, 1.165) is 26.9 Å². The highest BCUT2D eigenvalue weighted by Crippen LogP contribution is 2.30. The van der Waals surface area contributed by atoms with Gasteiger partial charge in [-0.1, -0.05) is 35.0 Å². The first-order chi connectivity index (χ1) is 10.2. The van der Waals surface area contributed by atoms with Crippen LogP contribution in [0.3, 0.4) is 0 Å². The summed E-state index contributed by atoms with van der Waals surface area (Å²) in [5.74, 6) is 1.11. The van der Waals surface area contributed by atoms with Crippen LogP contribution in [0.4, 0.5) is 11.8 Å². The Kier molecular flexibility index (Phi) is 4.07. The second kappa shape index (κ2) is 5.99. The molecule has 0 spiro atoms. The Labute approximate surface area is 135 Å². The summed E-state index contributed by atoms with van der Waals surface area (Å²) in [6, 6.07) is 10.3. The molecular formula is C15H15BrN4S. The van der Waals surface area contributed by atoms with Gasteiger partial charge in [-0.05, 0) is 30.2 Å². The van der Waals surface area contributed by atoms with Gasteiger partial charge in [0.1, 0.15) is 10.6 Å². The monoisotopic (exact) mass is 362 g/mol. The largest absolute Gasteiger partial charge is 0.368 e. The summed E-state index contributed by atoms with van der Waals surface area (Å²) in [6.45, 7) is 2.83. The number of benzene rings is 1. The topological polar surface area (TPSA) is 63.8 Å². The van der Waals surface area contributed by atoms with Crippen molar-refractivity contribution in [3.63, 3.8) is 0 Å². The van der Waals surface area contributed by atoms with E-state index in [4.69, 9.17) is 5.73 Å². The molecule has 0 aliphatic heterocycles. The van der Waals surface area contributed by atoms with Gasteiger partial charge in [0, 0.05) is 15.9 Å². The molecule has 4 nitrogen and oxygen atoms in total. The van der Waals surface area contributed by atoms with Gasteiger partial charge in [-0.3, -0.25) is 0 Å². The molecule has 0 fully saturated rings. The van der Waals surface area contributed by atoms with E-state index in [2.05, 4.69) is 56.3 Å². The number of aromatic nitrogens is 2. The van der Waals surface area contributed by atoms with Crippen LogP contribution in [-0.2, 0) is 13.0 Å². The lowest BCUT2D eigenvalue weighted by Gasteiger charge is -2.07. The number of aryl methyl sites for hydroxylation is 1. The van der Waals surface area contributed by atoms with E-state index < -0.39 is 0 Å². The highest BCUT2D eigenvalue weighted by atomic mass is 79.9. The second-order valence-corrected chi connectivity index (χ2v) is 6.73. The molecule has 108 valence electrons. The average Bonchev–Trinajstić information content (AvgIpc) is 2.87. The first kappa shape index (κ1) is 14.3. The van der Waals surface area contributed by atoms with Crippen LogP contribution in [-0.4, -0.2) is 9.97 Å². The molecule has 3 aromatic rings. The van der Waals surface area contributed by atoms with Crippen LogP contribution in [0.1, 0.15) is 17.4 Å². The van der Waals surface area contributed by atoms with Crippen LogP contribution >= 0.6 is 27.3 Å². The van der Waals surface area contributed by atoms with Crippen molar-refractivity contribution in [2.75, 3.05) is 11.1 Å². The van der Waals surface area contributed by atoms with Crippen LogP contribution in [0.2, 0.25) is 0 Å². The van der Waals surface area contributed by atoms with E-state index in [0.29, 0.717) is 12.5 Å². The number of rotatable bonds is 4. The van der Waals surface area contributed by atoms with Crippen LogP contribution < -0.4 is 11.1 Å². The maximum Gasteiger partial charge on any atom is 0.223 e. The lowest BCUT2D eigenvalue weighted by atomic mass is 10.2. The summed E-state index contributed by atoms with van der Waals surface area (Å²) in [7, 11) is 0. The molecule has 0 saturated heterocycles. The summed E-state index contributed by atoms with van der Waals surface area (Å²) < 4.78 is 1.07. The summed E-state index contributed by atoms with van der Waals surface area (Å²) in [5.41, 5.74) is 6.99. The van der Waals surface area contributed by atoms with Crippen LogP contribution in [0, 0.1) is 0 Å². The molecule has 1 aromatic carbocycles. The molecule has 0 unspecified atom stereocenters. The molecule has 2 heterocycles. The number of thiophene rings is 1. The first-order valence-corrected chi connectivity index (χ1v) is 8.31. The van der Waals surface area contributed by atoms with E-state index in [1.54, 1.807) is 11.3 Å². The first-order valence-electron chi connectivity index (χ1n) is 6.70. The molecule has 2 aromatic heterocycles. The molecular weight excluding hydrogens is 348 g/mol. The third-order valence-corrected chi connectivity index (χ3v) is 4.83. The van der Waals surface area contributed by atoms with Gasteiger partial charge in [-0.2, -0.15) is 4.98 Å². The number of nitrogens with one attached hydrogen (secondary N) is 1. The number of nitrogen functional groups attached to an aromatic ring is 1. The molecule has 3 rings (SSSR count). The van der Waals surface area contributed by atoms with Crippen LogP contribution in [0.25, 0.3) is 10.2 Å². The molecule has 0 aliphatic carbocycles. The number of hydrogen-bond acceptors (Lipinski definition) is 5. The number of halogens is 1. The zero-order valence-electron chi connectivity index (χ0n) is 11.6. The van der Waals surface area contributed by atoms with Crippen molar-refractivity contribution in [3.8, 4) is 0 Å². The van der Waals surface area contributed by atoms with Gasteiger partial charge in [-0.25, -0.2) is 4.98 Å². The van der Waals surface area contributed by atoms with E-state index in [-0.39, 0.29) is 0 Å².